The molecule has 2 aliphatic rings. The fraction of sp³-hybridized carbons (Fsp3) is 0.412. The van der Waals surface area contributed by atoms with E-state index in [1.165, 1.54) is 28.9 Å². The molecule has 3 nitrogen and oxygen atoms in total. The zero-order valence-electron chi connectivity index (χ0n) is 11.8. The van der Waals surface area contributed by atoms with Gasteiger partial charge in [0.15, 0.2) is 0 Å². The minimum absolute atomic E-state index is 0.205. The highest BCUT2D eigenvalue weighted by molar-refractivity contribution is 5.43. The number of aryl methyl sites for hydroxylation is 1. The Hall–Kier alpha value is -1.74. The molecule has 0 bridgehead atoms. The number of hydrogen-bond acceptors (Lipinski definition) is 2. The molecule has 0 saturated carbocycles. The van der Waals surface area contributed by atoms with Gasteiger partial charge in [0, 0.05) is 23.0 Å². The normalized spacial score (nSPS) is 24.1. The molecule has 1 aromatic carbocycles. The Bertz CT molecular complexity index is 659. The molecule has 0 radical (unpaired) electrons. The van der Waals surface area contributed by atoms with Crippen LogP contribution in [0.1, 0.15) is 47.4 Å². The van der Waals surface area contributed by atoms with Crippen molar-refractivity contribution in [2.75, 3.05) is 6.61 Å². The van der Waals surface area contributed by atoms with Crippen LogP contribution in [0, 0.1) is 6.92 Å². The van der Waals surface area contributed by atoms with Gasteiger partial charge in [-0.2, -0.15) is 0 Å². The quantitative estimate of drug-likeness (QED) is 0.863. The molecule has 4 rings (SSSR count). The third kappa shape index (κ3) is 1.63. The fourth-order valence-corrected chi connectivity index (χ4v) is 3.75. The number of hydrogen-bond donors (Lipinski definition) is 1. The van der Waals surface area contributed by atoms with E-state index in [2.05, 4.69) is 35.8 Å². The summed E-state index contributed by atoms with van der Waals surface area (Å²) in [6.07, 6.45) is 3.43. The molecule has 20 heavy (non-hydrogen) atoms. The lowest BCUT2D eigenvalue weighted by Gasteiger charge is -2.24. The molecule has 0 saturated heterocycles. The van der Waals surface area contributed by atoms with Crippen molar-refractivity contribution in [3.8, 4) is 5.75 Å². The van der Waals surface area contributed by atoms with E-state index in [0.29, 0.717) is 6.04 Å². The maximum Gasteiger partial charge on any atom is 0.124 e. The molecule has 0 amide bonds. The van der Waals surface area contributed by atoms with E-state index in [1.54, 1.807) is 0 Å². The average molecular weight is 268 g/mol. The number of nitrogens with zero attached hydrogens (tertiary/aromatic N) is 1. The number of nitrogens with two attached hydrogens (primary N) is 1. The number of para-hydroxylation sites is 1. The summed E-state index contributed by atoms with van der Waals surface area (Å²) in [4.78, 5) is 0. The molecule has 1 aromatic heterocycles. The Morgan fingerprint density at radius 2 is 2.10 bits per heavy atom. The van der Waals surface area contributed by atoms with Crippen LogP contribution in [0.5, 0.6) is 5.75 Å². The zero-order valence-corrected chi connectivity index (χ0v) is 11.8. The Kier molecular flexibility index (Phi) is 2.64. The van der Waals surface area contributed by atoms with Gasteiger partial charge < -0.3 is 15.0 Å². The molecule has 2 unspecified atom stereocenters. The van der Waals surface area contributed by atoms with Crippen LogP contribution in [0.15, 0.2) is 30.3 Å². The molecular formula is C17H20N2O. The van der Waals surface area contributed by atoms with E-state index < -0.39 is 0 Å². The van der Waals surface area contributed by atoms with Gasteiger partial charge >= 0.3 is 0 Å². The first kappa shape index (κ1) is 12.0. The van der Waals surface area contributed by atoms with Gasteiger partial charge in [-0.25, -0.2) is 0 Å². The molecule has 2 aromatic rings. The Morgan fingerprint density at radius 3 is 3.00 bits per heavy atom. The standard InChI is InChI=1S/C17H20N2O/c1-11-9-13-14(18)6-4-7-15(13)19(11)16-10-20-17-8-3-2-5-12(16)17/h2-3,5,8-9,14,16H,4,6-7,10,18H2,1H3. The van der Waals surface area contributed by atoms with Crippen molar-refractivity contribution < 1.29 is 4.74 Å². The van der Waals surface area contributed by atoms with E-state index in [1.807, 2.05) is 6.07 Å². The van der Waals surface area contributed by atoms with Crippen molar-refractivity contribution >= 4 is 0 Å². The molecular weight excluding hydrogens is 248 g/mol. The van der Waals surface area contributed by atoms with Crippen molar-refractivity contribution in [2.24, 2.45) is 5.73 Å². The molecule has 1 aliphatic heterocycles. The second-order valence-corrected chi connectivity index (χ2v) is 5.92. The molecule has 2 heterocycles. The maximum absolute atomic E-state index is 6.28. The third-order valence-electron chi connectivity index (χ3n) is 4.68. The lowest BCUT2D eigenvalue weighted by molar-refractivity contribution is 0.312. The average Bonchev–Trinajstić information content (AvgIpc) is 3.00. The summed E-state index contributed by atoms with van der Waals surface area (Å²) < 4.78 is 8.31. The minimum Gasteiger partial charge on any atom is -0.491 e. The molecule has 0 fully saturated rings. The Balaban J connectivity index is 1.85. The molecule has 2 atom stereocenters. The Morgan fingerprint density at radius 1 is 1.25 bits per heavy atom. The SMILES string of the molecule is Cc1cc2c(n1C1COc3ccccc31)CCCC2N. The molecule has 2 N–H and O–H groups in total. The first-order valence-corrected chi connectivity index (χ1v) is 7.43. The van der Waals surface area contributed by atoms with E-state index >= 15 is 0 Å². The van der Waals surface area contributed by atoms with Crippen molar-refractivity contribution in [3.05, 3.63) is 52.8 Å². The van der Waals surface area contributed by atoms with Crippen molar-refractivity contribution in [3.63, 3.8) is 0 Å². The molecule has 3 heteroatoms. The zero-order chi connectivity index (χ0) is 13.7. The summed E-state index contributed by atoms with van der Waals surface area (Å²) in [6, 6.07) is 11.2. The second kappa shape index (κ2) is 4.38. The number of ether oxygens (including phenoxy) is 1. The van der Waals surface area contributed by atoms with Gasteiger partial charge in [-0.05, 0) is 43.9 Å². The molecule has 0 spiro atoms. The van der Waals surface area contributed by atoms with Gasteiger partial charge in [0.25, 0.3) is 0 Å². The summed E-state index contributed by atoms with van der Waals surface area (Å²) in [6.45, 7) is 2.92. The summed E-state index contributed by atoms with van der Waals surface area (Å²) in [5, 5.41) is 0. The van der Waals surface area contributed by atoms with Gasteiger partial charge in [0.05, 0.1) is 6.04 Å². The smallest absolute Gasteiger partial charge is 0.124 e. The van der Waals surface area contributed by atoms with Crippen LogP contribution in [0.3, 0.4) is 0 Å². The van der Waals surface area contributed by atoms with E-state index in [0.717, 1.165) is 25.2 Å². The van der Waals surface area contributed by atoms with Gasteiger partial charge in [0.1, 0.15) is 12.4 Å². The van der Waals surface area contributed by atoms with Crippen LogP contribution >= 0.6 is 0 Å². The predicted octanol–water partition coefficient (Wildman–Crippen LogP) is 3.11. The van der Waals surface area contributed by atoms with E-state index in [4.69, 9.17) is 10.5 Å². The van der Waals surface area contributed by atoms with Crippen LogP contribution in [0.25, 0.3) is 0 Å². The third-order valence-corrected chi connectivity index (χ3v) is 4.68. The monoisotopic (exact) mass is 268 g/mol. The topological polar surface area (TPSA) is 40.2 Å². The fourth-order valence-electron chi connectivity index (χ4n) is 3.75. The van der Waals surface area contributed by atoms with Gasteiger partial charge in [0.2, 0.25) is 0 Å². The number of rotatable bonds is 1. The van der Waals surface area contributed by atoms with Gasteiger partial charge in [-0.3, -0.25) is 0 Å². The maximum atomic E-state index is 6.28. The summed E-state index contributed by atoms with van der Waals surface area (Å²) in [5.41, 5.74) is 11.6. The predicted molar refractivity (Wildman–Crippen MR) is 79.1 cm³/mol. The summed E-state index contributed by atoms with van der Waals surface area (Å²) in [5.74, 6) is 1.03. The summed E-state index contributed by atoms with van der Waals surface area (Å²) >= 11 is 0. The van der Waals surface area contributed by atoms with Crippen LogP contribution < -0.4 is 10.5 Å². The van der Waals surface area contributed by atoms with E-state index in [9.17, 15) is 0 Å². The van der Waals surface area contributed by atoms with E-state index in [-0.39, 0.29) is 6.04 Å². The van der Waals surface area contributed by atoms with Crippen LogP contribution in [-0.2, 0) is 6.42 Å². The van der Waals surface area contributed by atoms with Crippen molar-refractivity contribution in [1.82, 2.24) is 4.57 Å². The first-order chi connectivity index (χ1) is 9.75. The highest BCUT2D eigenvalue weighted by atomic mass is 16.5. The highest BCUT2D eigenvalue weighted by Crippen LogP contribution is 2.39. The van der Waals surface area contributed by atoms with Crippen LogP contribution in [0.2, 0.25) is 0 Å². The largest absolute Gasteiger partial charge is 0.491 e. The number of fused-ring (bicyclic) bond motifs is 2. The van der Waals surface area contributed by atoms with Crippen molar-refractivity contribution in [1.29, 1.82) is 0 Å². The first-order valence-electron chi connectivity index (χ1n) is 7.43. The van der Waals surface area contributed by atoms with Crippen LogP contribution in [-0.4, -0.2) is 11.2 Å². The van der Waals surface area contributed by atoms with Crippen molar-refractivity contribution in [2.45, 2.75) is 38.3 Å². The lowest BCUT2D eigenvalue weighted by Crippen LogP contribution is -2.21. The van der Waals surface area contributed by atoms with Gasteiger partial charge in [-0.15, -0.1) is 0 Å². The van der Waals surface area contributed by atoms with Crippen LogP contribution in [0.4, 0.5) is 0 Å². The minimum atomic E-state index is 0.205. The second-order valence-electron chi connectivity index (χ2n) is 5.92. The Labute approximate surface area is 119 Å². The number of benzene rings is 1. The highest BCUT2D eigenvalue weighted by Gasteiger charge is 2.31. The molecule has 104 valence electrons. The van der Waals surface area contributed by atoms with Gasteiger partial charge in [-0.1, -0.05) is 18.2 Å². The summed E-state index contributed by atoms with van der Waals surface area (Å²) in [7, 11) is 0. The lowest BCUT2D eigenvalue weighted by atomic mass is 9.93. The molecule has 1 aliphatic carbocycles. The number of aromatic nitrogens is 1.